The summed E-state index contributed by atoms with van der Waals surface area (Å²) in [5.74, 6) is 0.471. The zero-order valence-electron chi connectivity index (χ0n) is 18.0. The Kier molecular flexibility index (Phi) is 5.26. The van der Waals surface area contributed by atoms with E-state index in [9.17, 15) is 8.42 Å². The molecule has 4 nitrogen and oxygen atoms in total. The lowest BCUT2D eigenvalue weighted by atomic mass is 9.77. The number of anilines is 2. The van der Waals surface area contributed by atoms with Gasteiger partial charge in [-0.05, 0) is 90.9 Å². The van der Waals surface area contributed by atoms with Crippen molar-refractivity contribution in [3.05, 3.63) is 100 Å². The lowest BCUT2D eigenvalue weighted by Crippen LogP contribution is -2.29. The highest BCUT2D eigenvalue weighted by Crippen LogP contribution is 2.50. The summed E-state index contributed by atoms with van der Waals surface area (Å²) in [7, 11) is -3.70. The minimum atomic E-state index is -3.70. The number of hydrogen-bond acceptors (Lipinski definition) is 3. The second-order valence-corrected chi connectivity index (χ2v) is 10.8. The molecular weight excluding hydrogens is 440 g/mol. The van der Waals surface area contributed by atoms with Crippen LogP contribution in [0.3, 0.4) is 0 Å². The van der Waals surface area contributed by atoms with E-state index in [1.165, 1.54) is 0 Å². The van der Waals surface area contributed by atoms with Crippen LogP contribution in [0.1, 0.15) is 40.6 Å². The van der Waals surface area contributed by atoms with Crippen LogP contribution >= 0.6 is 11.6 Å². The largest absolute Gasteiger partial charge is 0.378 e. The zero-order valence-corrected chi connectivity index (χ0v) is 19.5. The van der Waals surface area contributed by atoms with E-state index in [1.807, 2.05) is 56.3 Å². The Morgan fingerprint density at radius 1 is 1.00 bits per heavy atom. The van der Waals surface area contributed by atoms with Crippen molar-refractivity contribution in [2.24, 2.45) is 5.92 Å². The first-order chi connectivity index (χ1) is 15.3. The highest BCUT2D eigenvalue weighted by molar-refractivity contribution is 7.92. The van der Waals surface area contributed by atoms with Gasteiger partial charge in [-0.1, -0.05) is 42.0 Å². The number of allylic oxidation sites excluding steroid dienone is 2. The van der Waals surface area contributed by atoms with Crippen LogP contribution in [0.25, 0.3) is 0 Å². The average molecular weight is 465 g/mol. The third-order valence-electron chi connectivity index (χ3n) is 6.61. The molecule has 0 radical (unpaired) electrons. The van der Waals surface area contributed by atoms with Crippen molar-refractivity contribution in [3.63, 3.8) is 0 Å². The summed E-state index contributed by atoms with van der Waals surface area (Å²) in [4.78, 5) is 0.275. The van der Waals surface area contributed by atoms with Crippen LogP contribution in [0.4, 0.5) is 11.4 Å². The van der Waals surface area contributed by atoms with Gasteiger partial charge in [0.25, 0.3) is 10.0 Å². The van der Waals surface area contributed by atoms with Gasteiger partial charge in [0.1, 0.15) is 0 Å². The van der Waals surface area contributed by atoms with Gasteiger partial charge in [0.15, 0.2) is 0 Å². The van der Waals surface area contributed by atoms with Gasteiger partial charge >= 0.3 is 0 Å². The van der Waals surface area contributed by atoms with Crippen molar-refractivity contribution < 1.29 is 8.42 Å². The fraction of sp³-hybridized carbons (Fsp3) is 0.231. The van der Waals surface area contributed by atoms with Crippen molar-refractivity contribution in [3.8, 4) is 0 Å². The molecular formula is C26H25ClN2O2S. The Balaban J connectivity index is 1.49. The van der Waals surface area contributed by atoms with E-state index in [2.05, 4.69) is 28.3 Å². The van der Waals surface area contributed by atoms with Crippen LogP contribution in [-0.4, -0.2) is 8.42 Å². The molecule has 3 aromatic rings. The first-order valence-corrected chi connectivity index (χ1v) is 12.6. The zero-order chi connectivity index (χ0) is 22.5. The van der Waals surface area contributed by atoms with E-state index < -0.39 is 10.0 Å². The molecule has 5 rings (SSSR count). The highest BCUT2D eigenvalue weighted by atomic mass is 35.5. The van der Waals surface area contributed by atoms with E-state index in [0.717, 1.165) is 39.4 Å². The minimum absolute atomic E-state index is 0.123. The summed E-state index contributed by atoms with van der Waals surface area (Å²) in [6.45, 7) is 3.98. The monoisotopic (exact) mass is 464 g/mol. The molecule has 0 aromatic heterocycles. The van der Waals surface area contributed by atoms with Gasteiger partial charge in [-0.25, -0.2) is 8.42 Å². The second kappa shape index (κ2) is 7.98. The molecule has 32 heavy (non-hydrogen) atoms. The van der Waals surface area contributed by atoms with Crippen LogP contribution in [0.15, 0.2) is 77.7 Å². The normalized spacial score (nSPS) is 21.5. The van der Waals surface area contributed by atoms with Gasteiger partial charge in [0, 0.05) is 22.3 Å². The molecule has 0 fully saturated rings. The Bertz CT molecular complexity index is 1330. The lowest BCUT2D eigenvalue weighted by molar-refractivity contribution is 0.425. The van der Waals surface area contributed by atoms with Crippen LogP contribution in [0, 0.1) is 19.8 Å². The predicted molar refractivity (Wildman–Crippen MR) is 131 cm³/mol. The molecule has 1 aliphatic carbocycles. The molecule has 0 saturated carbocycles. The van der Waals surface area contributed by atoms with Crippen LogP contribution in [-0.2, 0) is 10.0 Å². The van der Waals surface area contributed by atoms with Crippen LogP contribution in [0.5, 0.6) is 0 Å². The molecule has 6 heteroatoms. The van der Waals surface area contributed by atoms with Crippen molar-refractivity contribution in [2.45, 2.75) is 37.1 Å². The number of aryl methyl sites for hydroxylation is 2. The fourth-order valence-corrected chi connectivity index (χ4v) is 6.07. The molecule has 2 N–H and O–H groups in total. The smallest absolute Gasteiger partial charge is 0.261 e. The van der Waals surface area contributed by atoms with Crippen LogP contribution in [0.2, 0.25) is 5.02 Å². The number of halogens is 1. The highest BCUT2D eigenvalue weighted by Gasteiger charge is 2.38. The molecule has 0 spiro atoms. The second-order valence-electron chi connectivity index (χ2n) is 8.68. The summed E-state index contributed by atoms with van der Waals surface area (Å²) >= 11 is 6.25. The molecule has 2 aliphatic rings. The Morgan fingerprint density at radius 2 is 1.84 bits per heavy atom. The maximum atomic E-state index is 13.1. The minimum Gasteiger partial charge on any atom is -0.378 e. The number of fused-ring (bicyclic) bond motifs is 3. The summed E-state index contributed by atoms with van der Waals surface area (Å²) in [5, 5.41) is 4.36. The fourth-order valence-electron chi connectivity index (χ4n) is 4.79. The molecule has 0 bridgehead atoms. The lowest BCUT2D eigenvalue weighted by Gasteiger charge is -2.37. The van der Waals surface area contributed by atoms with Gasteiger partial charge in [0.2, 0.25) is 0 Å². The summed E-state index contributed by atoms with van der Waals surface area (Å²) in [6.07, 6.45) is 5.33. The topological polar surface area (TPSA) is 58.2 Å². The number of benzene rings is 3. The summed E-state index contributed by atoms with van der Waals surface area (Å²) in [5.41, 5.74) is 5.88. The van der Waals surface area contributed by atoms with Gasteiger partial charge in [0.05, 0.1) is 10.9 Å². The third-order valence-corrected chi connectivity index (χ3v) is 8.23. The van der Waals surface area contributed by atoms with Gasteiger partial charge in [-0.2, -0.15) is 0 Å². The van der Waals surface area contributed by atoms with E-state index in [0.29, 0.717) is 11.6 Å². The Hall–Kier alpha value is -2.76. The maximum Gasteiger partial charge on any atom is 0.261 e. The van der Waals surface area contributed by atoms with Gasteiger partial charge < -0.3 is 5.32 Å². The van der Waals surface area contributed by atoms with E-state index in [4.69, 9.17) is 11.6 Å². The number of rotatable bonds is 4. The predicted octanol–water partition coefficient (Wildman–Crippen LogP) is 6.58. The standard InChI is InChI=1S/C26H25ClN2O2S/c1-16-9-10-20(13-17(16)2)29-32(30,31)21-11-12-25-24(15-21)22-7-4-8-23(22)26(28-25)18-5-3-6-19(27)14-18/h3-7,9-15,22-23,26,28-29H,8H2,1-2H3/t22-,23+,26+/m0/s1. The molecule has 0 unspecified atom stereocenters. The molecule has 164 valence electrons. The molecule has 3 aromatic carbocycles. The first-order valence-electron chi connectivity index (χ1n) is 10.7. The molecule has 0 saturated heterocycles. The molecule has 0 amide bonds. The average Bonchev–Trinajstić information content (AvgIpc) is 3.25. The van der Waals surface area contributed by atoms with Gasteiger partial charge in [-0.3, -0.25) is 4.72 Å². The van der Waals surface area contributed by atoms with Crippen molar-refractivity contribution in [1.82, 2.24) is 0 Å². The van der Waals surface area contributed by atoms with E-state index in [1.54, 1.807) is 12.1 Å². The van der Waals surface area contributed by atoms with Crippen molar-refractivity contribution in [1.29, 1.82) is 0 Å². The van der Waals surface area contributed by atoms with Gasteiger partial charge in [-0.15, -0.1) is 0 Å². The molecule has 3 atom stereocenters. The molecule has 1 heterocycles. The third kappa shape index (κ3) is 3.80. The van der Waals surface area contributed by atoms with E-state index in [-0.39, 0.29) is 16.9 Å². The maximum absolute atomic E-state index is 13.1. The Morgan fingerprint density at radius 3 is 2.62 bits per heavy atom. The number of nitrogens with one attached hydrogen (secondary N) is 2. The number of sulfonamides is 1. The first kappa shape index (κ1) is 21.1. The van der Waals surface area contributed by atoms with Crippen molar-refractivity contribution in [2.75, 3.05) is 10.0 Å². The SMILES string of the molecule is Cc1ccc(NS(=O)(=O)c2ccc3c(c2)[C@H]2C=CC[C@H]2[C@@H](c2cccc(Cl)c2)N3)cc1C. The summed E-state index contributed by atoms with van der Waals surface area (Å²) in [6, 6.07) is 19.0. The molecule has 1 aliphatic heterocycles. The van der Waals surface area contributed by atoms with E-state index >= 15 is 0 Å². The van der Waals surface area contributed by atoms with Crippen molar-refractivity contribution >= 4 is 33.0 Å². The summed E-state index contributed by atoms with van der Waals surface area (Å²) < 4.78 is 29.0. The Labute approximate surface area is 194 Å². The number of hydrogen-bond donors (Lipinski definition) is 2. The quantitative estimate of drug-likeness (QED) is 0.428. The van der Waals surface area contributed by atoms with Crippen LogP contribution < -0.4 is 10.0 Å².